The Morgan fingerprint density at radius 1 is 1.09 bits per heavy atom. The van der Waals surface area contributed by atoms with Crippen LogP contribution in [0.15, 0.2) is 46.9 Å². The zero-order chi connectivity index (χ0) is 16.4. The zero-order valence-corrected chi connectivity index (χ0v) is 12.9. The number of aromatic nitrogens is 2. The van der Waals surface area contributed by atoms with Crippen molar-refractivity contribution in [3.05, 3.63) is 64.2 Å². The zero-order valence-electron chi connectivity index (χ0n) is 11.4. The van der Waals surface area contributed by atoms with Crippen molar-refractivity contribution in [2.24, 2.45) is 0 Å². The third-order valence-electron chi connectivity index (χ3n) is 2.84. The summed E-state index contributed by atoms with van der Waals surface area (Å²) in [6.07, 6.45) is 0. The lowest BCUT2D eigenvalue weighted by molar-refractivity contribution is 0.0991. The van der Waals surface area contributed by atoms with E-state index in [-0.39, 0.29) is 17.3 Å². The van der Waals surface area contributed by atoms with Crippen molar-refractivity contribution in [3.8, 4) is 11.5 Å². The second-order valence-electron chi connectivity index (χ2n) is 4.50. The molecule has 3 rings (SSSR count). The van der Waals surface area contributed by atoms with E-state index in [0.717, 1.165) is 0 Å². The standard InChI is InChI=1S/C15H8Cl2FN3O2/c16-8-5-9(17)7-10(6-8)19-13(22)15-21-20-14(23-15)11-3-1-2-4-12(11)18/h1-7H,(H,19,22). The molecule has 0 spiro atoms. The lowest BCUT2D eigenvalue weighted by Gasteiger charge is -2.03. The molecule has 0 radical (unpaired) electrons. The molecule has 8 heteroatoms. The quantitative estimate of drug-likeness (QED) is 0.757. The van der Waals surface area contributed by atoms with Crippen LogP contribution in [0.25, 0.3) is 11.5 Å². The molecule has 0 aliphatic carbocycles. The minimum absolute atomic E-state index is 0.0858. The highest BCUT2D eigenvalue weighted by Gasteiger charge is 2.18. The minimum Gasteiger partial charge on any atom is -0.412 e. The van der Waals surface area contributed by atoms with E-state index in [4.69, 9.17) is 27.6 Å². The maximum Gasteiger partial charge on any atom is 0.313 e. The highest BCUT2D eigenvalue weighted by Crippen LogP contribution is 2.24. The SMILES string of the molecule is O=C(Nc1cc(Cl)cc(Cl)c1)c1nnc(-c2ccccc2F)o1. The van der Waals surface area contributed by atoms with E-state index >= 15 is 0 Å². The van der Waals surface area contributed by atoms with Gasteiger partial charge in [-0.05, 0) is 30.3 Å². The number of benzene rings is 2. The van der Waals surface area contributed by atoms with Crippen LogP contribution in [0, 0.1) is 5.82 Å². The van der Waals surface area contributed by atoms with Crippen LogP contribution in [0.5, 0.6) is 0 Å². The number of nitrogens with zero attached hydrogens (tertiary/aromatic N) is 2. The van der Waals surface area contributed by atoms with Gasteiger partial charge in [-0.25, -0.2) is 4.39 Å². The van der Waals surface area contributed by atoms with Crippen molar-refractivity contribution in [3.63, 3.8) is 0 Å². The summed E-state index contributed by atoms with van der Waals surface area (Å²) in [5.41, 5.74) is 0.489. The van der Waals surface area contributed by atoms with E-state index in [1.54, 1.807) is 6.07 Å². The van der Waals surface area contributed by atoms with Crippen LogP contribution in [-0.4, -0.2) is 16.1 Å². The number of hydrogen-bond donors (Lipinski definition) is 1. The molecule has 0 aliphatic heterocycles. The Bertz CT molecular complexity index is 862. The lowest BCUT2D eigenvalue weighted by atomic mass is 10.2. The molecule has 5 nitrogen and oxygen atoms in total. The van der Waals surface area contributed by atoms with Gasteiger partial charge >= 0.3 is 11.8 Å². The second-order valence-corrected chi connectivity index (χ2v) is 5.38. The number of carbonyl (C=O) groups excluding carboxylic acids is 1. The molecular weight excluding hydrogens is 344 g/mol. The monoisotopic (exact) mass is 351 g/mol. The molecule has 3 aromatic rings. The van der Waals surface area contributed by atoms with Gasteiger partial charge in [0.2, 0.25) is 0 Å². The largest absolute Gasteiger partial charge is 0.412 e. The normalized spacial score (nSPS) is 10.6. The van der Waals surface area contributed by atoms with Gasteiger partial charge in [0, 0.05) is 15.7 Å². The number of anilines is 1. The molecule has 0 atom stereocenters. The average Bonchev–Trinajstić information content (AvgIpc) is 2.96. The molecule has 0 bridgehead atoms. The summed E-state index contributed by atoms with van der Waals surface area (Å²) < 4.78 is 18.9. The van der Waals surface area contributed by atoms with Gasteiger partial charge in [0.05, 0.1) is 5.56 Å². The molecule has 1 amide bonds. The van der Waals surface area contributed by atoms with Gasteiger partial charge < -0.3 is 9.73 Å². The van der Waals surface area contributed by atoms with Crippen LogP contribution in [0.1, 0.15) is 10.7 Å². The van der Waals surface area contributed by atoms with E-state index in [0.29, 0.717) is 15.7 Å². The van der Waals surface area contributed by atoms with Gasteiger partial charge in [-0.15, -0.1) is 10.2 Å². The Morgan fingerprint density at radius 3 is 2.48 bits per heavy atom. The maximum atomic E-state index is 13.7. The molecule has 23 heavy (non-hydrogen) atoms. The third-order valence-corrected chi connectivity index (χ3v) is 3.28. The van der Waals surface area contributed by atoms with Crippen LogP contribution < -0.4 is 5.32 Å². The summed E-state index contributed by atoms with van der Waals surface area (Å²) in [5, 5.41) is 10.5. The van der Waals surface area contributed by atoms with Crippen molar-refractivity contribution >= 4 is 34.8 Å². The third kappa shape index (κ3) is 3.49. The Labute approximate surface area is 140 Å². The van der Waals surface area contributed by atoms with E-state index in [1.165, 1.54) is 36.4 Å². The van der Waals surface area contributed by atoms with Crippen LogP contribution >= 0.6 is 23.2 Å². The summed E-state index contributed by atoms with van der Waals surface area (Å²) >= 11 is 11.7. The van der Waals surface area contributed by atoms with Gasteiger partial charge in [0.1, 0.15) is 5.82 Å². The molecular formula is C15H8Cl2FN3O2. The highest BCUT2D eigenvalue weighted by molar-refractivity contribution is 6.35. The fourth-order valence-electron chi connectivity index (χ4n) is 1.87. The number of hydrogen-bond acceptors (Lipinski definition) is 4. The molecule has 0 saturated carbocycles. The molecule has 2 aromatic carbocycles. The number of rotatable bonds is 3. The van der Waals surface area contributed by atoms with Crippen molar-refractivity contribution in [1.29, 1.82) is 0 Å². The van der Waals surface area contributed by atoms with E-state index in [2.05, 4.69) is 15.5 Å². The van der Waals surface area contributed by atoms with E-state index in [1.807, 2.05) is 0 Å². The van der Waals surface area contributed by atoms with Crippen LogP contribution in [0.2, 0.25) is 10.0 Å². The first-order valence-electron chi connectivity index (χ1n) is 6.39. The number of carbonyl (C=O) groups is 1. The predicted octanol–water partition coefficient (Wildman–Crippen LogP) is 4.43. The van der Waals surface area contributed by atoms with Crippen molar-refractivity contribution in [1.82, 2.24) is 10.2 Å². The molecule has 0 aliphatic rings. The van der Waals surface area contributed by atoms with Gasteiger partial charge in [-0.2, -0.15) is 0 Å². The fourth-order valence-corrected chi connectivity index (χ4v) is 2.40. The molecule has 1 aromatic heterocycles. The molecule has 0 fully saturated rings. The topological polar surface area (TPSA) is 68.0 Å². The Morgan fingerprint density at radius 2 is 1.78 bits per heavy atom. The summed E-state index contributed by atoms with van der Waals surface area (Å²) in [7, 11) is 0. The first-order chi connectivity index (χ1) is 11.0. The van der Waals surface area contributed by atoms with E-state index in [9.17, 15) is 9.18 Å². The van der Waals surface area contributed by atoms with Crippen LogP contribution in [0.3, 0.4) is 0 Å². The second kappa shape index (κ2) is 6.36. The van der Waals surface area contributed by atoms with Crippen molar-refractivity contribution in [2.75, 3.05) is 5.32 Å². The Kier molecular flexibility index (Phi) is 4.27. The molecule has 0 saturated heterocycles. The Hall–Kier alpha value is -2.44. The highest BCUT2D eigenvalue weighted by atomic mass is 35.5. The average molecular weight is 352 g/mol. The molecule has 116 valence electrons. The maximum absolute atomic E-state index is 13.7. The van der Waals surface area contributed by atoms with Gasteiger partial charge in [0.15, 0.2) is 0 Å². The number of halogens is 3. The summed E-state index contributed by atoms with van der Waals surface area (Å²) in [6, 6.07) is 10.4. The van der Waals surface area contributed by atoms with E-state index < -0.39 is 11.7 Å². The predicted molar refractivity (Wildman–Crippen MR) is 84.1 cm³/mol. The summed E-state index contributed by atoms with van der Waals surface area (Å²) in [6.45, 7) is 0. The van der Waals surface area contributed by atoms with Gasteiger partial charge in [-0.3, -0.25) is 4.79 Å². The molecule has 1 N–H and O–H groups in total. The summed E-state index contributed by atoms with van der Waals surface area (Å²) in [5.74, 6) is -1.57. The Balaban J connectivity index is 1.83. The van der Waals surface area contributed by atoms with Crippen molar-refractivity contribution < 1.29 is 13.6 Å². The lowest BCUT2D eigenvalue weighted by Crippen LogP contribution is -2.12. The van der Waals surface area contributed by atoms with Crippen LogP contribution in [-0.2, 0) is 0 Å². The first-order valence-corrected chi connectivity index (χ1v) is 7.14. The molecule has 1 heterocycles. The minimum atomic E-state index is -0.654. The number of nitrogens with one attached hydrogen (secondary N) is 1. The molecule has 0 unspecified atom stereocenters. The summed E-state index contributed by atoms with van der Waals surface area (Å²) in [4.78, 5) is 12.1. The van der Waals surface area contributed by atoms with Crippen LogP contribution in [0.4, 0.5) is 10.1 Å². The first kappa shape index (κ1) is 15.5. The van der Waals surface area contributed by atoms with Gasteiger partial charge in [-0.1, -0.05) is 35.3 Å². The number of amides is 1. The van der Waals surface area contributed by atoms with Gasteiger partial charge in [0.25, 0.3) is 5.89 Å². The smallest absolute Gasteiger partial charge is 0.313 e. The van der Waals surface area contributed by atoms with Crippen molar-refractivity contribution in [2.45, 2.75) is 0 Å². The fraction of sp³-hybridized carbons (Fsp3) is 0.